The van der Waals surface area contributed by atoms with Crippen LogP contribution in [0.2, 0.25) is 8.67 Å². The maximum Gasteiger partial charge on any atom is 0.256 e. The van der Waals surface area contributed by atoms with Gasteiger partial charge in [0.2, 0.25) is 0 Å². The van der Waals surface area contributed by atoms with E-state index >= 15 is 0 Å². The third kappa shape index (κ3) is 3.26. The SMILES string of the molecule is C[C@H]1CNCCN1C(=O)c1cc(Cl)sc1Cl.Cl. The number of nitrogens with zero attached hydrogens (tertiary/aromatic N) is 1. The van der Waals surface area contributed by atoms with Crippen molar-refractivity contribution in [1.82, 2.24) is 10.2 Å². The minimum atomic E-state index is -0.0258. The fourth-order valence-corrected chi connectivity index (χ4v) is 3.23. The van der Waals surface area contributed by atoms with E-state index in [0.717, 1.165) is 13.1 Å². The summed E-state index contributed by atoms with van der Waals surface area (Å²) in [5.74, 6) is -0.0258. The molecule has 0 aromatic carbocycles. The van der Waals surface area contributed by atoms with E-state index < -0.39 is 0 Å². The van der Waals surface area contributed by atoms with Crippen molar-refractivity contribution < 1.29 is 4.79 Å². The van der Waals surface area contributed by atoms with Crippen LogP contribution in [-0.2, 0) is 0 Å². The van der Waals surface area contributed by atoms with Crippen molar-refractivity contribution >= 4 is 52.9 Å². The highest BCUT2D eigenvalue weighted by Crippen LogP contribution is 2.32. The van der Waals surface area contributed by atoms with Crippen molar-refractivity contribution in [3.05, 3.63) is 20.3 Å². The van der Waals surface area contributed by atoms with Gasteiger partial charge < -0.3 is 10.2 Å². The number of halogens is 3. The van der Waals surface area contributed by atoms with Gasteiger partial charge in [0, 0.05) is 25.7 Å². The van der Waals surface area contributed by atoms with Gasteiger partial charge in [0.15, 0.2) is 0 Å². The second kappa shape index (κ2) is 6.25. The monoisotopic (exact) mass is 314 g/mol. The van der Waals surface area contributed by atoms with Crippen LogP contribution >= 0.6 is 46.9 Å². The van der Waals surface area contributed by atoms with Crippen LogP contribution < -0.4 is 5.32 Å². The maximum absolute atomic E-state index is 12.2. The van der Waals surface area contributed by atoms with Crippen molar-refractivity contribution in [3.8, 4) is 0 Å². The van der Waals surface area contributed by atoms with Gasteiger partial charge in [-0.15, -0.1) is 23.7 Å². The summed E-state index contributed by atoms with van der Waals surface area (Å²) in [6.07, 6.45) is 0. The molecule has 1 atom stereocenters. The third-order valence-corrected chi connectivity index (χ3v) is 4.14. The lowest BCUT2D eigenvalue weighted by atomic mass is 10.2. The van der Waals surface area contributed by atoms with Gasteiger partial charge in [-0.2, -0.15) is 0 Å². The molecule has 2 heterocycles. The fraction of sp³-hybridized carbons (Fsp3) is 0.500. The Hall–Kier alpha value is -0.000000000000000222. The first kappa shape index (κ1) is 15.1. The summed E-state index contributed by atoms with van der Waals surface area (Å²) in [6.45, 7) is 4.38. The van der Waals surface area contributed by atoms with Gasteiger partial charge in [0.05, 0.1) is 9.90 Å². The molecule has 1 aromatic rings. The highest BCUT2D eigenvalue weighted by molar-refractivity contribution is 7.20. The van der Waals surface area contributed by atoms with Crippen molar-refractivity contribution in [1.29, 1.82) is 0 Å². The van der Waals surface area contributed by atoms with Crippen LogP contribution in [0.3, 0.4) is 0 Å². The number of hydrogen-bond acceptors (Lipinski definition) is 3. The van der Waals surface area contributed by atoms with Crippen LogP contribution in [0.1, 0.15) is 17.3 Å². The van der Waals surface area contributed by atoms with Crippen molar-refractivity contribution in [3.63, 3.8) is 0 Å². The Kier molecular flexibility index (Phi) is 5.54. The Labute approximate surface area is 120 Å². The highest BCUT2D eigenvalue weighted by Gasteiger charge is 2.26. The molecule has 1 aliphatic heterocycles. The van der Waals surface area contributed by atoms with E-state index in [2.05, 4.69) is 5.32 Å². The van der Waals surface area contributed by atoms with E-state index in [1.807, 2.05) is 11.8 Å². The average molecular weight is 316 g/mol. The van der Waals surface area contributed by atoms with Gasteiger partial charge in [-0.1, -0.05) is 23.2 Å². The minimum Gasteiger partial charge on any atom is -0.333 e. The molecular weight excluding hydrogens is 303 g/mol. The smallest absolute Gasteiger partial charge is 0.256 e. The summed E-state index contributed by atoms with van der Waals surface area (Å²) < 4.78 is 1.02. The number of piperazine rings is 1. The van der Waals surface area contributed by atoms with Crippen molar-refractivity contribution in [2.75, 3.05) is 19.6 Å². The van der Waals surface area contributed by atoms with Crippen LogP contribution in [0.4, 0.5) is 0 Å². The predicted molar refractivity (Wildman–Crippen MR) is 75.0 cm³/mol. The van der Waals surface area contributed by atoms with Crippen LogP contribution in [0.15, 0.2) is 6.07 Å². The van der Waals surface area contributed by atoms with E-state index in [1.54, 1.807) is 6.07 Å². The molecule has 3 nitrogen and oxygen atoms in total. The number of carbonyl (C=O) groups is 1. The summed E-state index contributed by atoms with van der Waals surface area (Å²) in [6, 6.07) is 1.84. The minimum absolute atomic E-state index is 0. The zero-order valence-corrected chi connectivity index (χ0v) is 12.3. The Morgan fingerprint density at radius 3 is 2.82 bits per heavy atom. The topological polar surface area (TPSA) is 32.3 Å². The molecule has 96 valence electrons. The summed E-state index contributed by atoms with van der Waals surface area (Å²) in [7, 11) is 0. The highest BCUT2D eigenvalue weighted by atomic mass is 35.5. The van der Waals surface area contributed by atoms with Gasteiger partial charge >= 0.3 is 0 Å². The largest absolute Gasteiger partial charge is 0.333 e. The maximum atomic E-state index is 12.2. The van der Waals surface area contributed by atoms with E-state index in [-0.39, 0.29) is 24.4 Å². The summed E-state index contributed by atoms with van der Waals surface area (Å²) in [4.78, 5) is 14.0. The number of amides is 1. The predicted octanol–water partition coefficient (Wildman–Crippen LogP) is 2.91. The molecule has 0 bridgehead atoms. The van der Waals surface area contributed by atoms with Crippen LogP contribution in [0.25, 0.3) is 0 Å². The molecule has 2 rings (SSSR count). The molecule has 17 heavy (non-hydrogen) atoms. The Morgan fingerprint density at radius 2 is 2.29 bits per heavy atom. The Morgan fingerprint density at radius 1 is 1.59 bits per heavy atom. The molecule has 1 aromatic heterocycles. The zero-order valence-electron chi connectivity index (χ0n) is 9.20. The molecule has 1 aliphatic rings. The first-order chi connectivity index (χ1) is 7.59. The van der Waals surface area contributed by atoms with Crippen molar-refractivity contribution in [2.45, 2.75) is 13.0 Å². The first-order valence-electron chi connectivity index (χ1n) is 5.06. The lowest BCUT2D eigenvalue weighted by molar-refractivity contribution is 0.0656. The normalized spacial score (nSPS) is 19.9. The van der Waals surface area contributed by atoms with Crippen molar-refractivity contribution in [2.24, 2.45) is 0 Å². The first-order valence-corrected chi connectivity index (χ1v) is 6.63. The van der Waals surface area contributed by atoms with Gasteiger partial charge in [-0.25, -0.2) is 0 Å². The molecule has 0 unspecified atom stereocenters. The molecule has 1 amide bonds. The molecular formula is C10H13Cl3N2OS. The number of hydrogen-bond donors (Lipinski definition) is 1. The fourth-order valence-electron chi connectivity index (χ4n) is 1.78. The number of rotatable bonds is 1. The number of thiophene rings is 1. The zero-order chi connectivity index (χ0) is 11.7. The third-order valence-electron chi connectivity index (χ3n) is 2.65. The Bertz CT molecular complexity index is 410. The van der Waals surface area contributed by atoms with Gasteiger partial charge in [0.25, 0.3) is 5.91 Å². The molecule has 0 radical (unpaired) electrons. The second-order valence-electron chi connectivity index (χ2n) is 3.79. The number of carbonyl (C=O) groups excluding carboxylic acids is 1. The molecule has 0 aliphatic carbocycles. The number of nitrogens with one attached hydrogen (secondary N) is 1. The van der Waals surface area contributed by atoms with Gasteiger partial charge in [-0.05, 0) is 13.0 Å². The Balaban J connectivity index is 0.00000144. The van der Waals surface area contributed by atoms with Crippen LogP contribution in [0, 0.1) is 0 Å². The lowest BCUT2D eigenvalue weighted by Gasteiger charge is -2.33. The van der Waals surface area contributed by atoms with Crippen LogP contribution in [0.5, 0.6) is 0 Å². The van der Waals surface area contributed by atoms with E-state index in [1.165, 1.54) is 11.3 Å². The summed E-state index contributed by atoms with van der Waals surface area (Å²) >= 11 is 13.0. The van der Waals surface area contributed by atoms with Gasteiger partial charge in [0.1, 0.15) is 4.34 Å². The molecule has 0 spiro atoms. The summed E-state index contributed by atoms with van der Waals surface area (Å²) in [5.41, 5.74) is 0.519. The molecule has 0 saturated carbocycles. The van der Waals surface area contributed by atoms with Crippen LogP contribution in [-0.4, -0.2) is 36.5 Å². The van der Waals surface area contributed by atoms with Gasteiger partial charge in [-0.3, -0.25) is 4.79 Å². The average Bonchev–Trinajstić information content (AvgIpc) is 2.58. The van der Waals surface area contributed by atoms with E-state index in [4.69, 9.17) is 23.2 Å². The molecule has 1 fully saturated rings. The standard InChI is InChI=1S/C10H12Cl2N2OS.ClH/c1-6-5-13-2-3-14(6)10(15)7-4-8(11)16-9(7)12;/h4,6,13H,2-3,5H2,1H3;1H/t6-;/m0./s1. The van der Waals surface area contributed by atoms with E-state index in [0.29, 0.717) is 20.8 Å². The molecule has 7 heteroatoms. The molecule has 1 saturated heterocycles. The van der Waals surface area contributed by atoms with E-state index in [9.17, 15) is 4.79 Å². The second-order valence-corrected chi connectivity index (χ2v) is 6.08. The quantitative estimate of drug-likeness (QED) is 0.864. The lowest BCUT2D eigenvalue weighted by Crippen LogP contribution is -2.52. The molecule has 1 N–H and O–H groups in total. The summed E-state index contributed by atoms with van der Waals surface area (Å²) in [5, 5.41) is 3.24.